The zero-order valence-corrected chi connectivity index (χ0v) is 18.6. The van der Waals surface area contributed by atoms with Crippen LogP contribution >= 0.6 is 23.2 Å². The summed E-state index contributed by atoms with van der Waals surface area (Å²) in [5.41, 5.74) is 1.65. The summed E-state index contributed by atoms with van der Waals surface area (Å²) < 4.78 is 39.5. The Labute approximate surface area is 192 Å². The highest BCUT2D eigenvalue weighted by molar-refractivity contribution is 6.42. The molecule has 2 atom stereocenters. The Morgan fingerprint density at radius 3 is 2.72 bits per heavy atom. The largest absolute Gasteiger partial charge is 0.394 e. The number of alkyl halides is 3. The number of carbonyl (C=O) groups is 1. The van der Waals surface area contributed by atoms with Gasteiger partial charge in [-0.2, -0.15) is 13.2 Å². The summed E-state index contributed by atoms with van der Waals surface area (Å²) in [7, 11) is 0. The van der Waals surface area contributed by atoms with E-state index in [1.807, 2.05) is 0 Å². The summed E-state index contributed by atoms with van der Waals surface area (Å²) in [6.45, 7) is 2.07. The van der Waals surface area contributed by atoms with Crippen LogP contribution in [0.4, 0.5) is 23.9 Å². The third kappa shape index (κ3) is 6.36. The van der Waals surface area contributed by atoms with Gasteiger partial charge in [-0.1, -0.05) is 29.3 Å². The fraction of sp³-hybridized carbons (Fsp3) is 0.450. The van der Waals surface area contributed by atoms with E-state index >= 15 is 0 Å². The molecule has 12 heteroatoms. The lowest BCUT2D eigenvalue weighted by Gasteiger charge is -2.30. The fourth-order valence-corrected chi connectivity index (χ4v) is 3.57. The molecule has 1 aromatic heterocycles. The Hall–Kier alpha value is -2.30. The standard InChI is InChI=1S/C20H22Cl2F3N5O2/c1-11(10-31)27-18-26-8-13-4-5-30(9-17(13)28-18)19(32)29-16(7-20(23,24)25)12-2-3-14(21)15(22)6-12/h2-3,6,8,11,16,31H,4-5,7,9-10H2,1H3,(H,29,32)(H,26,27,28)/t11-,16-/m0/s1. The summed E-state index contributed by atoms with van der Waals surface area (Å²) in [6.07, 6.45) is -3.65. The molecular weight excluding hydrogens is 470 g/mol. The van der Waals surface area contributed by atoms with E-state index in [-0.39, 0.29) is 34.8 Å². The molecule has 3 N–H and O–H groups in total. The van der Waals surface area contributed by atoms with Gasteiger partial charge < -0.3 is 20.6 Å². The molecule has 0 radical (unpaired) electrons. The number of aliphatic hydroxyl groups excluding tert-OH is 1. The molecule has 0 bridgehead atoms. The molecule has 1 aliphatic rings. The normalized spacial score (nSPS) is 15.7. The monoisotopic (exact) mass is 491 g/mol. The van der Waals surface area contributed by atoms with Gasteiger partial charge in [0.25, 0.3) is 0 Å². The van der Waals surface area contributed by atoms with Crippen molar-refractivity contribution in [2.75, 3.05) is 18.5 Å². The minimum absolute atomic E-state index is 0.103. The first-order valence-corrected chi connectivity index (χ1v) is 10.6. The van der Waals surface area contributed by atoms with Crippen molar-refractivity contribution < 1.29 is 23.1 Å². The quantitative estimate of drug-likeness (QED) is 0.559. The lowest BCUT2D eigenvalue weighted by atomic mass is 10.0. The van der Waals surface area contributed by atoms with Crippen LogP contribution in [0.25, 0.3) is 0 Å². The van der Waals surface area contributed by atoms with Crippen LogP contribution in [-0.4, -0.2) is 51.4 Å². The summed E-state index contributed by atoms with van der Waals surface area (Å²) in [5.74, 6) is 0.304. The van der Waals surface area contributed by atoms with Gasteiger partial charge in [0.2, 0.25) is 5.95 Å². The average molecular weight is 492 g/mol. The molecule has 1 aliphatic heterocycles. The van der Waals surface area contributed by atoms with Crippen LogP contribution < -0.4 is 10.6 Å². The zero-order chi connectivity index (χ0) is 23.5. The number of anilines is 1. The number of nitrogens with one attached hydrogen (secondary N) is 2. The molecule has 1 aromatic carbocycles. The first-order valence-electron chi connectivity index (χ1n) is 9.85. The summed E-state index contributed by atoms with van der Waals surface area (Å²) in [4.78, 5) is 22.8. The number of halogens is 5. The number of amides is 2. The van der Waals surface area contributed by atoms with Crippen LogP contribution in [0.15, 0.2) is 24.4 Å². The zero-order valence-electron chi connectivity index (χ0n) is 17.1. The van der Waals surface area contributed by atoms with Crippen LogP contribution in [-0.2, 0) is 13.0 Å². The fourth-order valence-electron chi connectivity index (χ4n) is 3.27. The molecule has 0 unspecified atom stereocenters. The number of benzene rings is 1. The van der Waals surface area contributed by atoms with Gasteiger partial charge in [-0.3, -0.25) is 0 Å². The molecular formula is C20H22Cl2F3N5O2. The lowest BCUT2D eigenvalue weighted by Crippen LogP contribution is -2.45. The second-order valence-electron chi connectivity index (χ2n) is 7.56. The van der Waals surface area contributed by atoms with Gasteiger partial charge in [0.15, 0.2) is 0 Å². The Balaban J connectivity index is 1.75. The number of aliphatic hydroxyl groups is 1. The topological polar surface area (TPSA) is 90.4 Å². The Kier molecular flexibility index (Phi) is 7.68. The van der Waals surface area contributed by atoms with E-state index in [1.54, 1.807) is 13.1 Å². The molecule has 0 aliphatic carbocycles. The smallest absolute Gasteiger partial charge is 0.391 e. The molecule has 174 valence electrons. The van der Waals surface area contributed by atoms with Crippen molar-refractivity contribution in [2.24, 2.45) is 0 Å². The van der Waals surface area contributed by atoms with Crippen molar-refractivity contribution in [1.82, 2.24) is 20.2 Å². The maximum atomic E-state index is 13.2. The van der Waals surface area contributed by atoms with E-state index in [0.29, 0.717) is 24.6 Å². The summed E-state index contributed by atoms with van der Waals surface area (Å²) in [6, 6.07) is 1.89. The Morgan fingerprint density at radius 1 is 1.31 bits per heavy atom. The highest BCUT2D eigenvalue weighted by Crippen LogP contribution is 2.33. The number of hydrogen-bond donors (Lipinski definition) is 3. The molecule has 0 spiro atoms. The number of carbonyl (C=O) groups excluding carboxylic acids is 1. The van der Waals surface area contributed by atoms with Crippen LogP contribution in [0, 0.1) is 0 Å². The molecule has 0 saturated carbocycles. The van der Waals surface area contributed by atoms with Gasteiger partial charge in [0.05, 0.1) is 41.4 Å². The first-order chi connectivity index (χ1) is 15.1. The molecule has 3 rings (SSSR count). The van der Waals surface area contributed by atoms with Gasteiger partial charge in [-0.15, -0.1) is 0 Å². The molecule has 0 saturated heterocycles. The van der Waals surface area contributed by atoms with E-state index < -0.39 is 24.7 Å². The minimum Gasteiger partial charge on any atom is -0.394 e. The predicted octanol–water partition coefficient (Wildman–Crippen LogP) is 4.34. The van der Waals surface area contributed by atoms with Crippen molar-refractivity contribution >= 4 is 35.2 Å². The second-order valence-corrected chi connectivity index (χ2v) is 8.37. The van der Waals surface area contributed by atoms with Crippen LogP contribution in [0.3, 0.4) is 0 Å². The van der Waals surface area contributed by atoms with Gasteiger partial charge in [-0.25, -0.2) is 14.8 Å². The van der Waals surface area contributed by atoms with Gasteiger partial charge in [-0.05, 0) is 36.6 Å². The molecule has 2 amide bonds. The number of rotatable bonds is 6. The molecule has 2 heterocycles. The third-order valence-corrected chi connectivity index (χ3v) is 5.70. The number of nitrogens with zero attached hydrogens (tertiary/aromatic N) is 3. The molecule has 32 heavy (non-hydrogen) atoms. The predicted molar refractivity (Wildman–Crippen MR) is 115 cm³/mol. The number of aromatic nitrogens is 2. The van der Waals surface area contributed by atoms with Gasteiger partial charge >= 0.3 is 12.2 Å². The first kappa shape index (κ1) is 24.3. The molecule has 2 aromatic rings. The maximum absolute atomic E-state index is 13.2. The number of urea groups is 1. The minimum atomic E-state index is -4.50. The van der Waals surface area contributed by atoms with E-state index in [1.165, 1.54) is 23.1 Å². The van der Waals surface area contributed by atoms with Crippen molar-refractivity contribution in [1.29, 1.82) is 0 Å². The summed E-state index contributed by atoms with van der Waals surface area (Å²) >= 11 is 11.8. The van der Waals surface area contributed by atoms with Crippen molar-refractivity contribution in [3.05, 3.63) is 51.3 Å². The van der Waals surface area contributed by atoms with Gasteiger partial charge in [0.1, 0.15) is 0 Å². The van der Waals surface area contributed by atoms with Crippen molar-refractivity contribution in [2.45, 2.75) is 44.6 Å². The van der Waals surface area contributed by atoms with Crippen molar-refractivity contribution in [3.8, 4) is 0 Å². The van der Waals surface area contributed by atoms with E-state index in [4.69, 9.17) is 28.3 Å². The number of fused-ring (bicyclic) bond motifs is 1. The lowest BCUT2D eigenvalue weighted by molar-refractivity contribution is -0.139. The van der Waals surface area contributed by atoms with Crippen LogP contribution in [0.5, 0.6) is 0 Å². The Bertz CT molecular complexity index is 977. The van der Waals surface area contributed by atoms with Crippen LogP contribution in [0.2, 0.25) is 10.0 Å². The SMILES string of the molecule is C[C@@H](CO)Nc1ncc2c(n1)CN(C(=O)N[C@@H](CC(F)(F)F)c1ccc(Cl)c(Cl)c1)CC2. The van der Waals surface area contributed by atoms with E-state index in [0.717, 1.165) is 5.56 Å². The second kappa shape index (κ2) is 10.1. The van der Waals surface area contributed by atoms with E-state index in [2.05, 4.69) is 20.6 Å². The molecule has 0 fully saturated rings. The van der Waals surface area contributed by atoms with Crippen molar-refractivity contribution in [3.63, 3.8) is 0 Å². The summed E-state index contributed by atoms with van der Waals surface area (Å²) in [5, 5.41) is 14.9. The van der Waals surface area contributed by atoms with Crippen LogP contribution in [0.1, 0.15) is 36.2 Å². The Morgan fingerprint density at radius 2 is 2.06 bits per heavy atom. The molecule has 7 nitrogen and oxygen atoms in total. The average Bonchev–Trinajstić information content (AvgIpc) is 2.73. The van der Waals surface area contributed by atoms with Gasteiger partial charge in [0, 0.05) is 18.8 Å². The maximum Gasteiger partial charge on any atom is 0.391 e. The van der Waals surface area contributed by atoms with E-state index in [9.17, 15) is 18.0 Å². The number of hydrogen-bond acceptors (Lipinski definition) is 5. The highest BCUT2D eigenvalue weighted by Gasteiger charge is 2.35. The third-order valence-electron chi connectivity index (χ3n) is 4.96. The highest BCUT2D eigenvalue weighted by atomic mass is 35.5.